The number of nitrogens with zero attached hydrogens (tertiary/aromatic N) is 1. The van der Waals surface area contributed by atoms with Crippen molar-refractivity contribution in [1.82, 2.24) is 4.90 Å². The van der Waals surface area contributed by atoms with Gasteiger partial charge in [0.15, 0.2) is 0 Å². The maximum atomic E-state index is 12.1. The van der Waals surface area contributed by atoms with E-state index >= 15 is 0 Å². The molecule has 0 spiro atoms. The molecule has 4 heteroatoms. The number of thiocarbonyl (C=S) groups is 1. The van der Waals surface area contributed by atoms with Gasteiger partial charge in [-0.3, -0.25) is 4.79 Å². The van der Waals surface area contributed by atoms with Crippen molar-refractivity contribution in [3.63, 3.8) is 0 Å². The Balaban J connectivity index is 2.06. The van der Waals surface area contributed by atoms with Crippen molar-refractivity contribution in [1.29, 1.82) is 0 Å². The normalized spacial score (nSPS) is 20.1. The second-order valence-electron chi connectivity index (χ2n) is 5.52. The predicted octanol–water partition coefficient (Wildman–Crippen LogP) is 2.70. The third-order valence-electron chi connectivity index (χ3n) is 3.94. The molecule has 1 heterocycles. The average molecular weight is 290 g/mol. The Morgan fingerprint density at radius 3 is 2.75 bits per heavy atom. The van der Waals surface area contributed by atoms with Gasteiger partial charge in [-0.05, 0) is 17.9 Å². The number of benzene rings is 1. The van der Waals surface area contributed by atoms with E-state index in [1.165, 1.54) is 0 Å². The smallest absolute Gasteiger partial charge is 0.222 e. The van der Waals surface area contributed by atoms with E-state index in [0.717, 1.165) is 24.9 Å². The molecule has 2 unspecified atom stereocenters. The minimum atomic E-state index is -0.0458. The number of likely N-dealkylation sites (tertiary alicyclic amines) is 1. The summed E-state index contributed by atoms with van der Waals surface area (Å²) in [5.74, 6) is 0.687. The molecular formula is C16H22N2OS. The lowest BCUT2D eigenvalue weighted by Gasteiger charge is -2.24. The third-order valence-corrected chi connectivity index (χ3v) is 4.22. The van der Waals surface area contributed by atoms with E-state index in [2.05, 4.69) is 6.92 Å². The lowest BCUT2D eigenvalue weighted by atomic mass is 9.98. The maximum Gasteiger partial charge on any atom is 0.222 e. The van der Waals surface area contributed by atoms with Gasteiger partial charge in [0, 0.05) is 19.5 Å². The molecule has 0 aliphatic carbocycles. The van der Waals surface area contributed by atoms with E-state index in [0.29, 0.717) is 23.9 Å². The van der Waals surface area contributed by atoms with Gasteiger partial charge in [-0.1, -0.05) is 55.9 Å². The number of hydrogen-bond acceptors (Lipinski definition) is 2. The van der Waals surface area contributed by atoms with Gasteiger partial charge in [-0.25, -0.2) is 0 Å². The second kappa shape index (κ2) is 6.84. The van der Waals surface area contributed by atoms with Gasteiger partial charge in [0.1, 0.15) is 0 Å². The molecular weight excluding hydrogens is 268 g/mol. The molecule has 1 fully saturated rings. The van der Waals surface area contributed by atoms with E-state index in [1.807, 2.05) is 35.2 Å². The summed E-state index contributed by atoms with van der Waals surface area (Å²) in [4.78, 5) is 14.5. The average Bonchev–Trinajstić information content (AvgIpc) is 2.77. The monoisotopic (exact) mass is 290 g/mol. The first-order valence-corrected chi connectivity index (χ1v) is 7.64. The van der Waals surface area contributed by atoms with Gasteiger partial charge in [-0.2, -0.15) is 0 Å². The zero-order chi connectivity index (χ0) is 14.5. The van der Waals surface area contributed by atoms with Crippen molar-refractivity contribution in [2.45, 2.75) is 32.1 Å². The number of carbonyl (C=O) groups is 1. The molecule has 1 aromatic carbocycles. The largest absolute Gasteiger partial charge is 0.393 e. The van der Waals surface area contributed by atoms with Gasteiger partial charge < -0.3 is 10.6 Å². The number of carbonyl (C=O) groups excluding carboxylic acids is 1. The summed E-state index contributed by atoms with van der Waals surface area (Å²) < 4.78 is 0. The first kappa shape index (κ1) is 15.0. The van der Waals surface area contributed by atoms with Crippen molar-refractivity contribution in [3.05, 3.63) is 35.9 Å². The van der Waals surface area contributed by atoms with Crippen LogP contribution >= 0.6 is 12.2 Å². The first-order chi connectivity index (χ1) is 9.61. The number of amides is 1. The van der Waals surface area contributed by atoms with Crippen LogP contribution in [-0.2, 0) is 4.79 Å². The van der Waals surface area contributed by atoms with Crippen LogP contribution in [0.3, 0.4) is 0 Å². The molecule has 1 aliphatic heterocycles. The summed E-state index contributed by atoms with van der Waals surface area (Å²) in [5, 5.41) is 0. The number of hydrogen-bond donors (Lipinski definition) is 1. The molecule has 2 atom stereocenters. The summed E-state index contributed by atoms with van der Waals surface area (Å²) in [6.07, 6.45) is 2.92. The molecule has 0 radical (unpaired) electrons. The second-order valence-corrected chi connectivity index (χ2v) is 5.99. The Kier molecular flexibility index (Phi) is 5.12. The van der Waals surface area contributed by atoms with Crippen LogP contribution in [0.5, 0.6) is 0 Å². The van der Waals surface area contributed by atoms with Crippen molar-refractivity contribution in [2.75, 3.05) is 13.1 Å². The fourth-order valence-electron chi connectivity index (χ4n) is 2.90. The molecule has 0 aromatic heterocycles. The molecule has 0 saturated carbocycles. The van der Waals surface area contributed by atoms with Crippen LogP contribution < -0.4 is 5.73 Å². The van der Waals surface area contributed by atoms with E-state index in [1.54, 1.807) is 0 Å². The van der Waals surface area contributed by atoms with E-state index in [-0.39, 0.29) is 11.8 Å². The molecule has 3 nitrogen and oxygen atoms in total. The summed E-state index contributed by atoms with van der Waals surface area (Å²) in [6, 6.07) is 9.97. The highest BCUT2D eigenvalue weighted by Gasteiger charge is 2.31. The molecule has 2 rings (SSSR count). The molecule has 1 amide bonds. The van der Waals surface area contributed by atoms with Crippen molar-refractivity contribution in [3.8, 4) is 0 Å². The number of nitrogens with two attached hydrogens (primary N) is 1. The van der Waals surface area contributed by atoms with Crippen LogP contribution in [0.15, 0.2) is 30.3 Å². The lowest BCUT2D eigenvalue weighted by molar-refractivity contribution is -0.127. The first-order valence-electron chi connectivity index (χ1n) is 7.23. The summed E-state index contributed by atoms with van der Waals surface area (Å²) in [5.41, 5.74) is 6.97. The maximum absolute atomic E-state index is 12.1. The highest BCUT2D eigenvalue weighted by Crippen LogP contribution is 2.26. The lowest BCUT2D eigenvalue weighted by Crippen LogP contribution is -2.35. The summed E-state index contributed by atoms with van der Waals surface area (Å²) >= 11 is 5.19. The topological polar surface area (TPSA) is 46.3 Å². The number of rotatable bonds is 6. The van der Waals surface area contributed by atoms with Crippen LogP contribution in [0.25, 0.3) is 0 Å². The molecule has 108 valence electrons. The Hall–Kier alpha value is -1.42. The van der Waals surface area contributed by atoms with Crippen LogP contribution in [0.1, 0.15) is 37.7 Å². The van der Waals surface area contributed by atoms with Gasteiger partial charge in [0.05, 0.1) is 10.9 Å². The van der Waals surface area contributed by atoms with E-state index in [9.17, 15) is 4.79 Å². The molecule has 0 bridgehead atoms. The highest BCUT2D eigenvalue weighted by atomic mass is 32.1. The van der Waals surface area contributed by atoms with Crippen LogP contribution in [0.2, 0.25) is 0 Å². The fourth-order valence-corrected chi connectivity index (χ4v) is 3.11. The Morgan fingerprint density at radius 2 is 2.15 bits per heavy atom. The van der Waals surface area contributed by atoms with E-state index < -0.39 is 0 Å². The molecule has 1 saturated heterocycles. The van der Waals surface area contributed by atoms with Crippen molar-refractivity contribution >= 4 is 23.1 Å². The zero-order valence-corrected chi connectivity index (χ0v) is 12.7. The minimum absolute atomic E-state index is 0.0458. The summed E-state index contributed by atoms with van der Waals surface area (Å²) in [6.45, 7) is 3.62. The van der Waals surface area contributed by atoms with Gasteiger partial charge >= 0.3 is 0 Å². The van der Waals surface area contributed by atoms with Gasteiger partial charge in [0.25, 0.3) is 0 Å². The van der Waals surface area contributed by atoms with Gasteiger partial charge in [0.2, 0.25) is 5.91 Å². The highest BCUT2D eigenvalue weighted by molar-refractivity contribution is 7.80. The minimum Gasteiger partial charge on any atom is -0.393 e. The molecule has 1 aromatic rings. The Labute approximate surface area is 126 Å². The molecule has 2 N–H and O–H groups in total. The van der Waals surface area contributed by atoms with E-state index in [4.69, 9.17) is 18.0 Å². The van der Waals surface area contributed by atoms with Crippen LogP contribution in [0.4, 0.5) is 0 Å². The van der Waals surface area contributed by atoms with Crippen LogP contribution in [0, 0.1) is 5.92 Å². The molecule has 20 heavy (non-hydrogen) atoms. The fraction of sp³-hybridized carbons (Fsp3) is 0.500. The van der Waals surface area contributed by atoms with Gasteiger partial charge in [-0.15, -0.1) is 0 Å². The third kappa shape index (κ3) is 3.57. The van der Waals surface area contributed by atoms with Crippen LogP contribution in [-0.4, -0.2) is 28.9 Å². The Bertz CT molecular complexity index is 475. The summed E-state index contributed by atoms with van der Waals surface area (Å²) in [7, 11) is 0. The predicted molar refractivity (Wildman–Crippen MR) is 85.6 cm³/mol. The molecule has 1 aliphatic rings. The Morgan fingerprint density at radius 1 is 1.45 bits per heavy atom. The van der Waals surface area contributed by atoms with Crippen molar-refractivity contribution < 1.29 is 4.79 Å². The standard InChI is InChI=1S/C16H22N2OS/c1-2-6-12-9-15(19)18(10-12)11-14(16(17)20)13-7-4-3-5-8-13/h3-5,7-8,12,14H,2,6,9-11H2,1H3,(H2,17,20). The van der Waals surface area contributed by atoms with Crippen molar-refractivity contribution in [2.24, 2.45) is 11.7 Å². The quantitative estimate of drug-likeness (QED) is 0.819. The zero-order valence-electron chi connectivity index (χ0n) is 11.9. The SMILES string of the molecule is CCCC1CC(=O)N(CC(C(N)=S)c2ccccc2)C1.